The standard InChI is InChI=1S/C11H9NO2S/c1-7(13)10-9(12-11(15)14-10)8-5-3-2-4-6-8/h2-6H,1H3,(H,12,15). The van der Waals surface area contributed by atoms with E-state index in [2.05, 4.69) is 4.98 Å². The van der Waals surface area contributed by atoms with Crippen LogP contribution < -0.4 is 0 Å². The van der Waals surface area contributed by atoms with Gasteiger partial charge in [-0.25, -0.2) is 0 Å². The van der Waals surface area contributed by atoms with E-state index < -0.39 is 0 Å². The minimum Gasteiger partial charge on any atom is -0.426 e. The molecule has 3 nitrogen and oxygen atoms in total. The number of Topliss-reactive ketones (excluding diaryl/α,β-unsaturated/α-hetero) is 1. The first kappa shape index (κ1) is 9.86. The van der Waals surface area contributed by atoms with E-state index >= 15 is 0 Å². The van der Waals surface area contributed by atoms with Crippen LogP contribution in [0.4, 0.5) is 0 Å². The zero-order chi connectivity index (χ0) is 10.8. The van der Waals surface area contributed by atoms with Gasteiger partial charge < -0.3 is 9.40 Å². The van der Waals surface area contributed by atoms with Crippen molar-refractivity contribution in [1.29, 1.82) is 0 Å². The van der Waals surface area contributed by atoms with Gasteiger partial charge in [0.25, 0.3) is 4.84 Å². The smallest absolute Gasteiger partial charge is 0.267 e. The highest BCUT2D eigenvalue weighted by Crippen LogP contribution is 2.22. The third-order valence-electron chi connectivity index (χ3n) is 2.03. The summed E-state index contributed by atoms with van der Waals surface area (Å²) in [5.41, 5.74) is 1.54. The van der Waals surface area contributed by atoms with Crippen LogP contribution in [0.15, 0.2) is 34.7 Å². The van der Waals surface area contributed by atoms with Crippen LogP contribution in [0, 0.1) is 4.84 Å². The summed E-state index contributed by atoms with van der Waals surface area (Å²) in [5.74, 6) is 0.146. The number of H-pyrrole nitrogens is 1. The number of ketones is 1. The molecule has 0 unspecified atom stereocenters. The number of aromatic nitrogens is 1. The lowest BCUT2D eigenvalue weighted by atomic mass is 10.1. The minimum atomic E-state index is -0.138. The molecule has 1 aromatic heterocycles. The molecular weight excluding hydrogens is 210 g/mol. The van der Waals surface area contributed by atoms with E-state index in [1.54, 1.807) is 0 Å². The molecule has 1 N–H and O–H groups in total. The summed E-state index contributed by atoms with van der Waals surface area (Å²) in [6.07, 6.45) is 0. The summed E-state index contributed by atoms with van der Waals surface area (Å²) < 4.78 is 5.14. The molecule has 2 rings (SSSR count). The van der Waals surface area contributed by atoms with Gasteiger partial charge in [-0.2, -0.15) is 0 Å². The van der Waals surface area contributed by atoms with Crippen LogP contribution in [0.1, 0.15) is 17.5 Å². The minimum absolute atomic E-state index is 0.138. The third-order valence-corrected chi connectivity index (χ3v) is 2.22. The fourth-order valence-corrected chi connectivity index (χ4v) is 1.57. The van der Waals surface area contributed by atoms with Crippen molar-refractivity contribution in [3.05, 3.63) is 40.9 Å². The zero-order valence-electron chi connectivity index (χ0n) is 8.11. The van der Waals surface area contributed by atoms with Gasteiger partial charge in [-0.1, -0.05) is 30.3 Å². The zero-order valence-corrected chi connectivity index (χ0v) is 8.93. The quantitative estimate of drug-likeness (QED) is 0.623. The number of carbonyl (C=O) groups is 1. The maximum atomic E-state index is 11.3. The Morgan fingerprint density at radius 2 is 2.00 bits per heavy atom. The average Bonchev–Trinajstić information content (AvgIpc) is 2.62. The van der Waals surface area contributed by atoms with Crippen LogP contribution >= 0.6 is 12.2 Å². The number of oxazole rings is 1. The van der Waals surface area contributed by atoms with Crippen LogP contribution in [-0.2, 0) is 0 Å². The molecule has 0 bridgehead atoms. The van der Waals surface area contributed by atoms with E-state index in [0.29, 0.717) is 5.69 Å². The summed E-state index contributed by atoms with van der Waals surface area (Å²) in [6.45, 7) is 1.45. The molecule has 0 radical (unpaired) electrons. The average molecular weight is 219 g/mol. The lowest BCUT2D eigenvalue weighted by molar-refractivity contribution is 0.0987. The highest BCUT2D eigenvalue weighted by molar-refractivity contribution is 7.71. The number of aromatic amines is 1. The topological polar surface area (TPSA) is 46.0 Å². The molecule has 0 atom stereocenters. The van der Waals surface area contributed by atoms with Crippen molar-refractivity contribution in [2.24, 2.45) is 0 Å². The first-order valence-electron chi connectivity index (χ1n) is 4.48. The lowest BCUT2D eigenvalue weighted by Crippen LogP contribution is -1.92. The van der Waals surface area contributed by atoms with Crippen molar-refractivity contribution >= 4 is 18.0 Å². The SMILES string of the molecule is CC(=O)c1oc(=S)[nH]c1-c1ccccc1. The van der Waals surface area contributed by atoms with Gasteiger partial charge in [0.15, 0.2) is 11.5 Å². The van der Waals surface area contributed by atoms with Gasteiger partial charge in [0.1, 0.15) is 0 Å². The molecule has 0 fully saturated rings. The summed E-state index contributed by atoms with van der Waals surface area (Å²) in [7, 11) is 0. The van der Waals surface area contributed by atoms with Gasteiger partial charge in [0.2, 0.25) is 0 Å². The number of benzene rings is 1. The number of hydrogen-bond donors (Lipinski definition) is 1. The number of carbonyl (C=O) groups excluding carboxylic acids is 1. The second-order valence-electron chi connectivity index (χ2n) is 3.14. The first-order valence-corrected chi connectivity index (χ1v) is 4.89. The molecule has 1 aromatic carbocycles. The van der Waals surface area contributed by atoms with Gasteiger partial charge in [-0.15, -0.1) is 0 Å². The molecule has 76 valence electrons. The van der Waals surface area contributed by atoms with Crippen LogP contribution in [0.3, 0.4) is 0 Å². The van der Waals surface area contributed by atoms with Crippen molar-refractivity contribution < 1.29 is 9.21 Å². The fraction of sp³-hybridized carbons (Fsp3) is 0.0909. The van der Waals surface area contributed by atoms with E-state index in [1.165, 1.54) is 6.92 Å². The highest BCUT2D eigenvalue weighted by Gasteiger charge is 2.14. The molecule has 0 spiro atoms. The molecule has 0 aliphatic carbocycles. The van der Waals surface area contributed by atoms with Crippen molar-refractivity contribution in [2.75, 3.05) is 0 Å². The molecule has 0 saturated heterocycles. The molecule has 0 saturated carbocycles. The van der Waals surface area contributed by atoms with E-state index in [9.17, 15) is 4.79 Å². The predicted octanol–water partition coefficient (Wildman–Crippen LogP) is 3.21. The number of rotatable bonds is 2. The van der Waals surface area contributed by atoms with E-state index in [4.69, 9.17) is 16.6 Å². The van der Waals surface area contributed by atoms with Crippen molar-refractivity contribution in [3.8, 4) is 11.3 Å². The summed E-state index contributed by atoms with van der Waals surface area (Å²) in [5, 5.41) is 0. The second kappa shape index (κ2) is 3.82. The molecule has 2 aromatic rings. The maximum Gasteiger partial charge on any atom is 0.267 e. The lowest BCUT2D eigenvalue weighted by Gasteiger charge is -1.97. The Morgan fingerprint density at radius 1 is 1.33 bits per heavy atom. The van der Waals surface area contributed by atoms with Crippen LogP contribution in [0.5, 0.6) is 0 Å². The Balaban J connectivity index is 2.63. The molecule has 0 aliphatic rings. The summed E-state index contributed by atoms with van der Waals surface area (Å²) >= 11 is 4.87. The second-order valence-corrected chi connectivity index (χ2v) is 3.51. The Hall–Kier alpha value is -1.68. The molecule has 0 amide bonds. The maximum absolute atomic E-state index is 11.3. The van der Waals surface area contributed by atoms with Gasteiger partial charge in [-0.05, 0) is 12.2 Å². The molecule has 0 aliphatic heterocycles. The Bertz CT molecular complexity index is 539. The summed E-state index contributed by atoms with van der Waals surface area (Å²) in [6, 6.07) is 9.48. The van der Waals surface area contributed by atoms with Crippen molar-refractivity contribution in [1.82, 2.24) is 4.98 Å². The largest absolute Gasteiger partial charge is 0.426 e. The van der Waals surface area contributed by atoms with Crippen LogP contribution in [0.25, 0.3) is 11.3 Å². The van der Waals surface area contributed by atoms with Crippen molar-refractivity contribution in [3.63, 3.8) is 0 Å². The van der Waals surface area contributed by atoms with Crippen LogP contribution in [-0.4, -0.2) is 10.8 Å². The van der Waals surface area contributed by atoms with Crippen molar-refractivity contribution in [2.45, 2.75) is 6.92 Å². The van der Waals surface area contributed by atoms with Gasteiger partial charge >= 0.3 is 0 Å². The Labute approximate surface area is 91.8 Å². The molecule has 1 heterocycles. The summed E-state index contributed by atoms with van der Waals surface area (Å²) in [4.78, 5) is 14.4. The predicted molar refractivity (Wildman–Crippen MR) is 59.3 cm³/mol. The van der Waals surface area contributed by atoms with Gasteiger partial charge in [0, 0.05) is 12.5 Å². The normalized spacial score (nSPS) is 10.2. The fourth-order valence-electron chi connectivity index (χ4n) is 1.38. The van der Waals surface area contributed by atoms with Gasteiger partial charge in [-0.3, -0.25) is 4.79 Å². The van der Waals surface area contributed by atoms with E-state index in [1.807, 2.05) is 30.3 Å². The molecule has 15 heavy (non-hydrogen) atoms. The van der Waals surface area contributed by atoms with E-state index in [0.717, 1.165) is 5.56 Å². The number of nitrogens with one attached hydrogen (secondary N) is 1. The number of hydrogen-bond acceptors (Lipinski definition) is 3. The van der Waals surface area contributed by atoms with Gasteiger partial charge in [0.05, 0.1) is 5.69 Å². The monoisotopic (exact) mass is 219 g/mol. The van der Waals surface area contributed by atoms with E-state index in [-0.39, 0.29) is 16.4 Å². The Morgan fingerprint density at radius 3 is 2.60 bits per heavy atom. The third kappa shape index (κ3) is 1.89. The van der Waals surface area contributed by atoms with Crippen LogP contribution in [0.2, 0.25) is 0 Å². The molecular formula is C11H9NO2S. The highest BCUT2D eigenvalue weighted by atomic mass is 32.1. The Kier molecular flexibility index (Phi) is 2.51. The first-order chi connectivity index (χ1) is 7.18. The molecule has 4 heteroatoms.